The van der Waals surface area contributed by atoms with Crippen LogP contribution >= 0.6 is 0 Å². The Morgan fingerprint density at radius 2 is 2.07 bits per heavy atom. The van der Waals surface area contributed by atoms with Gasteiger partial charge in [0.2, 0.25) is 5.91 Å². The minimum absolute atomic E-state index is 0.0566. The molecule has 1 aromatic carbocycles. The number of nitrogens with zero attached hydrogens (tertiary/aromatic N) is 3. The van der Waals surface area contributed by atoms with Gasteiger partial charge in [-0.25, -0.2) is 4.39 Å². The van der Waals surface area contributed by atoms with E-state index in [0.29, 0.717) is 31.1 Å². The average molecular weight is 411 g/mol. The van der Waals surface area contributed by atoms with Crippen molar-refractivity contribution in [3.63, 3.8) is 0 Å². The molecule has 2 N–H and O–H groups in total. The fraction of sp³-hybridized carbons (Fsp3) is 0.409. The molecule has 1 aliphatic rings. The zero-order valence-corrected chi connectivity index (χ0v) is 17.2. The number of fused-ring (bicyclic) bond motifs is 1. The third-order valence-electron chi connectivity index (χ3n) is 5.90. The fourth-order valence-corrected chi connectivity index (χ4v) is 4.11. The fourth-order valence-electron chi connectivity index (χ4n) is 4.11. The van der Waals surface area contributed by atoms with Crippen molar-refractivity contribution in [3.8, 4) is 0 Å². The highest BCUT2D eigenvalue weighted by molar-refractivity contribution is 5.93. The van der Waals surface area contributed by atoms with Crippen molar-refractivity contribution >= 4 is 22.7 Å². The summed E-state index contributed by atoms with van der Waals surface area (Å²) in [5.74, 6) is -0.0207. The summed E-state index contributed by atoms with van der Waals surface area (Å²) < 4.78 is 15.3. The number of amides is 2. The van der Waals surface area contributed by atoms with Gasteiger partial charge in [0, 0.05) is 49.5 Å². The summed E-state index contributed by atoms with van der Waals surface area (Å²) in [6.07, 6.45) is 5.20. The lowest BCUT2D eigenvalue weighted by molar-refractivity contribution is -0.131. The second-order valence-corrected chi connectivity index (χ2v) is 8.03. The Balaban J connectivity index is 1.30. The number of carbonyl (C=O) groups is 2. The Bertz CT molecular complexity index is 1080. The van der Waals surface area contributed by atoms with E-state index in [0.717, 1.165) is 35.0 Å². The lowest BCUT2D eigenvalue weighted by Crippen LogP contribution is -2.42. The van der Waals surface area contributed by atoms with Crippen LogP contribution in [-0.2, 0) is 18.3 Å². The lowest BCUT2D eigenvalue weighted by Gasteiger charge is -2.32. The predicted octanol–water partition coefficient (Wildman–Crippen LogP) is 2.56. The number of carbonyl (C=O) groups excluding carboxylic acids is 2. The Morgan fingerprint density at radius 3 is 2.77 bits per heavy atom. The molecule has 0 aliphatic carbocycles. The van der Waals surface area contributed by atoms with Crippen LogP contribution in [0.1, 0.15) is 34.5 Å². The van der Waals surface area contributed by atoms with E-state index in [1.54, 1.807) is 30.2 Å². The van der Waals surface area contributed by atoms with Gasteiger partial charge in [-0.05, 0) is 49.4 Å². The van der Waals surface area contributed by atoms with Gasteiger partial charge in [0.1, 0.15) is 5.82 Å². The van der Waals surface area contributed by atoms with Gasteiger partial charge < -0.3 is 15.2 Å². The van der Waals surface area contributed by atoms with Crippen molar-refractivity contribution in [1.29, 1.82) is 0 Å². The molecule has 4 rings (SSSR count). The smallest absolute Gasteiger partial charge is 0.254 e. The molecule has 3 heterocycles. The first-order valence-corrected chi connectivity index (χ1v) is 10.2. The van der Waals surface area contributed by atoms with Crippen LogP contribution in [0.3, 0.4) is 0 Å². The summed E-state index contributed by atoms with van der Waals surface area (Å²) in [5.41, 5.74) is 3.16. The quantitative estimate of drug-likeness (QED) is 0.677. The molecule has 3 aromatic rings. The first-order valence-electron chi connectivity index (χ1n) is 10.2. The van der Waals surface area contributed by atoms with Gasteiger partial charge in [0.15, 0.2) is 0 Å². The van der Waals surface area contributed by atoms with Crippen molar-refractivity contribution in [2.24, 2.45) is 13.0 Å². The van der Waals surface area contributed by atoms with Crippen LogP contribution in [0.4, 0.5) is 4.39 Å². The molecule has 8 heteroatoms. The first-order chi connectivity index (χ1) is 14.4. The normalized spacial score (nSPS) is 15.0. The number of H-pyrrole nitrogens is 1. The lowest BCUT2D eigenvalue weighted by atomic mass is 9.96. The van der Waals surface area contributed by atoms with Crippen LogP contribution in [0, 0.1) is 18.7 Å². The number of rotatable bonds is 5. The molecule has 30 heavy (non-hydrogen) atoms. The topological polar surface area (TPSA) is 83.0 Å². The number of hydrogen-bond donors (Lipinski definition) is 2. The number of aryl methyl sites for hydroxylation is 2. The molecular weight excluding hydrogens is 385 g/mol. The summed E-state index contributed by atoms with van der Waals surface area (Å²) in [5, 5.41) is 7.74. The van der Waals surface area contributed by atoms with E-state index in [9.17, 15) is 14.0 Å². The van der Waals surface area contributed by atoms with Gasteiger partial charge in [-0.3, -0.25) is 14.3 Å². The zero-order valence-electron chi connectivity index (χ0n) is 17.2. The highest BCUT2D eigenvalue weighted by Gasteiger charge is 2.24. The summed E-state index contributed by atoms with van der Waals surface area (Å²) in [7, 11) is 1.78. The number of likely N-dealkylation sites (tertiary alicyclic amines) is 1. The van der Waals surface area contributed by atoms with Crippen LogP contribution < -0.4 is 5.32 Å². The number of hydrogen-bond acceptors (Lipinski definition) is 3. The average Bonchev–Trinajstić information content (AvgIpc) is 3.30. The van der Waals surface area contributed by atoms with Gasteiger partial charge in [0.25, 0.3) is 5.91 Å². The number of nitrogens with one attached hydrogen (secondary N) is 2. The number of halogens is 1. The maximum atomic E-state index is 13.7. The molecule has 1 aliphatic heterocycles. The number of benzene rings is 1. The molecule has 1 saturated heterocycles. The molecule has 0 radical (unpaired) electrons. The van der Waals surface area contributed by atoms with Gasteiger partial charge in [0.05, 0.1) is 18.2 Å². The Kier molecular flexibility index (Phi) is 5.57. The molecule has 2 aromatic heterocycles. The van der Waals surface area contributed by atoms with E-state index in [4.69, 9.17) is 0 Å². The number of piperidine rings is 1. The molecule has 2 amide bonds. The predicted molar refractivity (Wildman–Crippen MR) is 112 cm³/mol. The first kappa shape index (κ1) is 20.1. The maximum Gasteiger partial charge on any atom is 0.254 e. The van der Waals surface area contributed by atoms with Crippen molar-refractivity contribution in [1.82, 2.24) is 25.0 Å². The molecular formula is C22H26FN5O2. The van der Waals surface area contributed by atoms with E-state index in [2.05, 4.69) is 15.4 Å². The van der Waals surface area contributed by atoms with Crippen LogP contribution in [-0.4, -0.2) is 51.1 Å². The van der Waals surface area contributed by atoms with Crippen molar-refractivity contribution in [3.05, 3.63) is 53.2 Å². The molecule has 0 spiro atoms. The van der Waals surface area contributed by atoms with E-state index in [1.807, 2.05) is 11.8 Å². The molecule has 0 unspecified atom stereocenters. The van der Waals surface area contributed by atoms with E-state index < -0.39 is 0 Å². The van der Waals surface area contributed by atoms with Crippen molar-refractivity contribution in [2.75, 3.05) is 19.6 Å². The molecule has 0 bridgehead atoms. The second-order valence-electron chi connectivity index (χ2n) is 8.03. The minimum Gasteiger partial charge on any atom is -0.358 e. The van der Waals surface area contributed by atoms with Gasteiger partial charge in [-0.2, -0.15) is 5.10 Å². The molecule has 0 saturated carbocycles. The monoisotopic (exact) mass is 411 g/mol. The molecule has 7 nitrogen and oxygen atoms in total. The Hall–Kier alpha value is -3.16. The molecule has 1 fully saturated rings. The van der Waals surface area contributed by atoms with Crippen molar-refractivity contribution in [2.45, 2.75) is 26.2 Å². The summed E-state index contributed by atoms with van der Waals surface area (Å²) >= 11 is 0. The number of aromatic amines is 1. The second kappa shape index (κ2) is 8.30. The molecule has 0 atom stereocenters. The van der Waals surface area contributed by atoms with E-state index >= 15 is 0 Å². The Labute approximate surface area is 174 Å². The third-order valence-corrected chi connectivity index (χ3v) is 5.90. The summed E-state index contributed by atoms with van der Waals surface area (Å²) in [4.78, 5) is 30.1. The summed E-state index contributed by atoms with van der Waals surface area (Å²) in [6, 6.07) is 4.61. The van der Waals surface area contributed by atoms with Crippen molar-refractivity contribution < 1.29 is 14.0 Å². The highest BCUT2D eigenvalue weighted by atomic mass is 19.1. The maximum absolute atomic E-state index is 13.7. The van der Waals surface area contributed by atoms with Crippen LogP contribution in [0.15, 0.2) is 30.6 Å². The van der Waals surface area contributed by atoms with Crippen LogP contribution in [0.5, 0.6) is 0 Å². The minimum atomic E-state index is -0.302. The van der Waals surface area contributed by atoms with E-state index in [-0.39, 0.29) is 24.1 Å². The van der Waals surface area contributed by atoms with E-state index in [1.165, 1.54) is 12.1 Å². The zero-order chi connectivity index (χ0) is 21.3. The standard InChI is InChI=1S/C22H26FN5O2/c1-14-18(19-9-17(23)3-4-20(19)26-14)10-21(29)28-7-5-15(6-8-28)11-24-22(30)16-12-25-27(2)13-16/h3-4,9,12-13,15,26H,5-8,10-11H2,1-2H3,(H,24,30). The van der Waals surface area contributed by atoms with Gasteiger partial charge >= 0.3 is 0 Å². The summed E-state index contributed by atoms with van der Waals surface area (Å²) in [6.45, 7) is 3.85. The largest absolute Gasteiger partial charge is 0.358 e. The molecule has 158 valence electrons. The highest BCUT2D eigenvalue weighted by Crippen LogP contribution is 2.25. The van der Waals surface area contributed by atoms with Crippen LogP contribution in [0.25, 0.3) is 10.9 Å². The Morgan fingerprint density at radius 1 is 1.30 bits per heavy atom. The van der Waals surface area contributed by atoms with Crippen LogP contribution in [0.2, 0.25) is 0 Å². The van der Waals surface area contributed by atoms with Gasteiger partial charge in [-0.15, -0.1) is 0 Å². The number of aromatic nitrogens is 3. The van der Waals surface area contributed by atoms with Gasteiger partial charge in [-0.1, -0.05) is 0 Å². The SMILES string of the molecule is Cc1[nH]c2ccc(F)cc2c1CC(=O)N1CCC(CNC(=O)c2cnn(C)c2)CC1. The third kappa shape index (κ3) is 4.22.